The lowest BCUT2D eigenvalue weighted by atomic mass is 10.2. The van der Waals surface area contributed by atoms with Gasteiger partial charge < -0.3 is 4.98 Å². The lowest BCUT2D eigenvalue weighted by Crippen LogP contribution is -2.19. The molecule has 0 aliphatic heterocycles. The number of benzene rings is 1. The third kappa shape index (κ3) is 1.91. The van der Waals surface area contributed by atoms with Gasteiger partial charge in [-0.3, -0.25) is 13.8 Å². The summed E-state index contributed by atoms with van der Waals surface area (Å²) in [6.07, 6.45) is 3.27. The van der Waals surface area contributed by atoms with Crippen LogP contribution in [0.5, 0.6) is 0 Å². The largest absolute Gasteiger partial charge is 0.337 e. The quantitative estimate of drug-likeness (QED) is 0.604. The van der Waals surface area contributed by atoms with E-state index in [0.717, 1.165) is 52.8 Å². The van der Waals surface area contributed by atoms with Crippen LogP contribution >= 0.6 is 0 Å². The van der Waals surface area contributed by atoms with Crippen molar-refractivity contribution in [3.8, 4) is 11.5 Å². The fraction of sp³-hybridized carbons (Fsp3) is 0.421. The molecule has 0 atom stereocenters. The molecule has 3 heterocycles. The summed E-state index contributed by atoms with van der Waals surface area (Å²) in [5.74, 6) is 0.865. The Kier molecular flexibility index (Phi) is 3.02. The van der Waals surface area contributed by atoms with Crippen molar-refractivity contribution in [3.05, 3.63) is 33.9 Å². The second-order valence-corrected chi connectivity index (χ2v) is 7.51. The Hall–Kier alpha value is -2.83. The molecule has 26 heavy (non-hydrogen) atoms. The van der Waals surface area contributed by atoms with E-state index in [1.54, 1.807) is 23.2 Å². The Bertz CT molecular complexity index is 1170. The summed E-state index contributed by atoms with van der Waals surface area (Å²) in [6, 6.07) is 4.28. The fourth-order valence-corrected chi connectivity index (χ4v) is 4.15. The van der Waals surface area contributed by atoms with Crippen LogP contribution in [-0.2, 0) is 26.9 Å². The highest BCUT2D eigenvalue weighted by atomic mass is 16.1. The summed E-state index contributed by atoms with van der Waals surface area (Å²) in [4.78, 5) is 20.5. The summed E-state index contributed by atoms with van der Waals surface area (Å²) in [5.41, 5.74) is 7.24. The van der Waals surface area contributed by atoms with Gasteiger partial charge in [-0.1, -0.05) is 0 Å². The first-order chi connectivity index (χ1) is 12.5. The molecule has 0 amide bonds. The number of imidazole rings is 2. The minimum Gasteiger partial charge on any atom is -0.337 e. The van der Waals surface area contributed by atoms with Crippen LogP contribution in [0.4, 0.5) is 0 Å². The Morgan fingerprint density at radius 1 is 1.12 bits per heavy atom. The van der Waals surface area contributed by atoms with Crippen LogP contribution in [0.25, 0.3) is 33.6 Å². The number of rotatable bonds is 2. The van der Waals surface area contributed by atoms with Crippen LogP contribution < -0.4 is 5.69 Å². The van der Waals surface area contributed by atoms with Crippen molar-refractivity contribution in [2.45, 2.75) is 39.2 Å². The SMILES string of the molecule is CC(C)n1nc2c(c1-c1nc3cc4c(cc3[nH]1)n(C)c(=O)n4C)CCC2. The van der Waals surface area contributed by atoms with Crippen molar-refractivity contribution >= 4 is 22.1 Å². The minimum absolute atomic E-state index is 0.0245. The number of hydrogen-bond acceptors (Lipinski definition) is 3. The Balaban J connectivity index is 1.78. The van der Waals surface area contributed by atoms with E-state index in [2.05, 4.69) is 23.5 Å². The average molecular weight is 350 g/mol. The van der Waals surface area contributed by atoms with Crippen LogP contribution in [0, 0.1) is 0 Å². The maximum atomic E-state index is 12.2. The van der Waals surface area contributed by atoms with Crippen LogP contribution in [0.2, 0.25) is 0 Å². The number of fused-ring (bicyclic) bond motifs is 3. The second kappa shape index (κ2) is 5.09. The van der Waals surface area contributed by atoms with Gasteiger partial charge in [0.2, 0.25) is 0 Å². The molecule has 7 heteroatoms. The van der Waals surface area contributed by atoms with Crippen molar-refractivity contribution in [2.75, 3.05) is 0 Å². The van der Waals surface area contributed by atoms with Gasteiger partial charge in [0.05, 0.1) is 27.8 Å². The van der Waals surface area contributed by atoms with E-state index in [4.69, 9.17) is 10.1 Å². The molecule has 1 aliphatic carbocycles. The molecule has 1 N–H and O–H groups in total. The highest BCUT2D eigenvalue weighted by Crippen LogP contribution is 2.34. The Morgan fingerprint density at radius 3 is 2.58 bits per heavy atom. The normalized spacial score (nSPS) is 14.2. The van der Waals surface area contributed by atoms with Crippen LogP contribution in [0.15, 0.2) is 16.9 Å². The van der Waals surface area contributed by atoms with Crippen molar-refractivity contribution in [1.29, 1.82) is 0 Å². The zero-order valence-electron chi connectivity index (χ0n) is 15.5. The zero-order valence-corrected chi connectivity index (χ0v) is 15.5. The van der Waals surface area contributed by atoms with Crippen LogP contribution in [-0.4, -0.2) is 28.9 Å². The van der Waals surface area contributed by atoms with Gasteiger partial charge in [-0.05, 0) is 45.2 Å². The topological polar surface area (TPSA) is 73.4 Å². The molecule has 0 unspecified atom stereocenters. The number of aromatic amines is 1. The molecule has 5 rings (SSSR count). The summed E-state index contributed by atoms with van der Waals surface area (Å²) in [6.45, 7) is 4.30. The van der Waals surface area contributed by atoms with Crippen molar-refractivity contribution in [1.82, 2.24) is 28.9 Å². The molecule has 4 aromatic rings. The van der Waals surface area contributed by atoms with Gasteiger partial charge in [-0.2, -0.15) is 5.10 Å². The molecule has 1 aromatic carbocycles. The predicted octanol–water partition coefficient (Wildman–Crippen LogP) is 2.69. The van der Waals surface area contributed by atoms with E-state index in [9.17, 15) is 4.79 Å². The summed E-state index contributed by atoms with van der Waals surface area (Å²) >= 11 is 0. The molecule has 0 bridgehead atoms. The van der Waals surface area contributed by atoms with E-state index in [1.165, 1.54) is 11.3 Å². The summed E-state index contributed by atoms with van der Waals surface area (Å²) < 4.78 is 5.43. The van der Waals surface area contributed by atoms with Crippen molar-refractivity contribution in [3.63, 3.8) is 0 Å². The third-order valence-corrected chi connectivity index (χ3v) is 5.52. The molecule has 0 saturated heterocycles. The maximum Gasteiger partial charge on any atom is 0.328 e. The fourth-order valence-electron chi connectivity index (χ4n) is 4.15. The van der Waals surface area contributed by atoms with Gasteiger partial charge in [-0.15, -0.1) is 0 Å². The second-order valence-electron chi connectivity index (χ2n) is 7.51. The molecule has 0 fully saturated rings. The maximum absolute atomic E-state index is 12.2. The molecule has 0 spiro atoms. The monoisotopic (exact) mass is 350 g/mol. The number of H-pyrrole nitrogens is 1. The van der Waals surface area contributed by atoms with Gasteiger partial charge in [0.1, 0.15) is 5.69 Å². The number of aromatic nitrogens is 6. The minimum atomic E-state index is -0.0245. The molecule has 0 saturated carbocycles. The molecular weight excluding hydrogens is 328 g/mol. The Morgan fingerprint density at radius 2 is 1.85 bits per heavy atom. The first kappa shape index (κ1) is 15.4. The molecular formula is C19H22N6O. The first-order valence-corrected chi connectivity index (χ1v) is 9.11. The number of hydrogen-bond donors (Lipinski definition) is 1. The average Bonchev–Trinajstić information content (AvgIpc) is 3.33. The standard InChI is InChI=1S/C19H22N6O/c1-10(2)25-17(11-6-5-7-12(11)22-25)18-20-13-8-15-16(9-14(13)21-18)24(4)19(26)23(15)3/h8-10H,5-7H2,1-4H3,(H,20,21). The highest BCUT2D eigenvalue weighted by molar-refractivity contribution is 5.93. The van der Waals surface area contributed by atoms with Crippen LogP contribution in [0.3, 0.4) is 0 Å². The Labute approximate surface area is 150 Å². The molecule has 0 radical (unpaired) electrons. The summed E-state index contributed by atoms with van der Waals surface area (Å²) in [7, 11) is 3.60. The molecule has 134 valence electrons. The van der Waals surface area contributed by atoms with Gasteiger partial charge in [0, 0.05) is 25.7 Å². The van der Waals surface area contributed by atoms with E-state index < -0.39 is 0 Å². The van der Waals surface area contributed by atoms with Gasteiger partial charge >= 0.3 is 5.69 Å². The molecule has 7 nitrogen and oxygen atoms in total. The van der Waals surface area contributed by atoms with Crippen LogP contribution in [0.1, 0.15) is 37.6 Å². The number of nitrogens with zero attached hydrogens (tertiary/aromatic N) is 5. The molecule has 1 aliphatic rings. The number of nitrogens with one attached hydrogen (secondary N) is 1. The predicted molar refractivity (Wildman–Crippen MR) is 101 cm³/mol. The molecule has 3 aromatic heterocycles. The highest BCUT2D eigenvalue weighted by Gasteiger charge is 2.26. The van der Waals surface area contributed by atoms with E-state index in [1.807, 2.05) is 12.1 Å². The first-order valence-electron chi connectivity index (χ1n) is 9.11. The van der Waals surface area contributed by atoms with Gasteiger partial charge in [0.15, 0.2) is 5.82 Å². The summed E-state index contributed by atoms with van der Waals surface area (Å²) in [5, 5.41) is 4.83. The lowest BCUT2D eigenvalue weighted by molar-refractivity contribution is 0.528. The van der Waals surface area contributed by atoms with E-state index in [0.29, 0.717) is 0 Å². The van der Waals surface area contributed by atoms with Gasteiger partial charge in [-0.25, -0.2) is 9.78 Å². The lowest BCUT2D eigenvalue weighted by Gasteiger charge is -2.10. The van der Waals surface area contributed by atoms with E-state index in [-0.39, 0.29) is 11.7 Å². The van der Waals surface area contributed by atoms with Crippen molar-refractivity contribution in [2.24, 2.45) is 14.1 Å². The van der Waals surface area contributed by atoms with Gasteiger partial charge in [0.25, 0.3) is 0 Å². The van der Waals surface area contributed by atoms with E-state index >= 15 is 0 Å². The smallest absolute Gasteiger partial charge is 0.328 e. The zero-order chi connectivity index (χ0) is 18.2. The third-order valence-electron chi connectivity index (χ3n) is 5.52. The number of aryl methyl sites for hydroxylation is 3. The van der Waals surface area contributed by atoms with Crippen molar-refractivity contribution < 1.29 is 0 Å².